The fourth-order valence-corrected chi connectivity index (χ4v) is 3.73. The molecule has 0 N–H and O–H groups in total. The molecule has 0 unspecified atom stereocenters. The van der Waals surface area contributed by atoms with Gasteiger partial charge in [0.15, 0.2) is 0 Å². The van der Waals surface area contributed by atoms with Crippen molar-refractivity contribution in [1.82, 2.24) is 0 Å². The van der Waals surface area contributed by atoms with Crippen molar-refractivity contribution in [2.24, 2.45) is 17.8 Å². The molecule has 6 heteroatoms. The van der Waals surface area contributed by atoms with Gasteiger partial charge in [0.25, 0.3) is 0 Å². The highest BCUT2D eigenvalue weighted by atomic mass is 16.5. The van der Waals surface area contributed by atoms with Crippen molar-refractivity contribution in [3.63, 3.8) is 0 Å². The van der Waals surface area contributed by atoms with E-state index in [1.165, 1.54) is 0 Å². The maximum absolute atomic E-state index is 11.6. The molecular formula is C24H36O6. The summed E-state index contributed by atoms with van der Waals surface area (Å²) in [4.78, 5) is 34.8. The molecule has 1 aliphatic carbocycles. The summed E-state index contributed by atoms with van der Waals surface area (Å²) in [7, 11) is 0. The van der Waals surface area contributed by atoms with Crippen LogP contribution in [0.2, 0.25) is 0 Å². The summed E-state index contributed by atoms with van der Waals surface area (Å²) in [6, 6.07) is 0. The van der Waals surface area contributed by atoms with Crippen molar-refractivity contribution >= 4 is 17.9 Å². The van der Waals surface area contributed by atoms with Crippen molar-refractivity contribution in [2.75, 3.05) is 19.8 Å². The number of hydrogen-bond donors (Lipinski definition) is 0. The Morgan fingerprint density at radius 3 is 1.03 bits per heavy atom. The predicted molar refractivity (Wildman–Crippen MR) is 115 cm³/mol. The Labute approximate surface area is 180 Å². The second-order valence-electron chi connectivity index (χ2n) is 8.42. The number of rotatable bonds is 12. The van der Waals surface area contributed by atoms with E-state index < -0.39 is 0 Å². The molecule has 0 amide bonds. The van der Waals surface area contributed by atoms with E-state index in [0.29, 0.717) is 54.3 Å². The second kappa shape index (κ2) is 13.0. The second-order valence-corrected chi connectivity index (χ2v) is 8.42. The molecule has 0 saturated heterocycles. The van der Waals surface area contributed by atoms with Gasteiger partial charge in [-0.25, -0.2) is 14.4 Å². The molecule has 1 aliphatic rings. The first kappa shape index (κ1) is 25.7. The van der Waals surface area contributed by atoms with Crippen LogP contribution in [0.3, 0.4) is 0 Å². The minimum Gasteiger partial charge on any atom is -0.462 e. The molecule has 0 aromatic carbocycles. The Bertz CT molecular complexity index is 566. The lowest BCUT2D eigenvalue weighted by atomic mass is 9.72. The maximum Gasteiger partial charge on any atom is 0.333 e. The molecule has 30 heavy (non-hydrogen) atoms. The lowest BCUT2D eigenvalue weighted by Crippen LogP contribution is -2.26. The third-order valence-corrected chi connectivity index (χ3v) is 5.32. The van der Waals surface area contributed by atoms with E-state index in [2.05, 4.69) is 19.7 Å². The lowest BCUT2D eigenvalue weighted by Gasteiger charge is -2.35. The van der Waals surface area contributed by atoms with E-state index in [4.69, 9.17) is 14.2 Å². The normalized spacial score (nSPS) is 20.7. The zero-order valence-corrected chi connectivity index (χ0v) is 18.7. The van der Waals surface area contributed by atoms with Gasteiger partial charge in [-0.05, 0) is 77.0 Å². The highest BCUT2D eigenvalue weighted by Crippen LogP contribution is 2.38. The topological polar surface area (TPSA) is 78.9 Å². The molecule has 0 heterocycles. The summed E-state index contributed by atoms with van der Waals surface area (Å²) >= 11 is 0. The molecule has 0 aromatic heterocycles. The van der Waals surface area contributed by atoms with Crippen LogP contribution >= 0.6 is 0 Å². The Kier molecular flexibility index (Phi) is 11.2. The van der Waals surface area contributed by atoms with Gasteiger partial charge in [0.05, 0.1) is 19.8 Å². The number of hydrogen-bond acceptors (Lipinski definition) is 6. The minimum absolute atomic E-state index is 0.364. The van der Waals surface area contributed by atoms with Crippen LogP contribution in [-0.2, 0) is 28.6 Å². The van der Waals surface area contributed by atoms with Crippen molar-refractivity contribution in [1.29, 1.82) is 0 Å². The highest BCUT2D eigenvalue weighted by molar-refractivity contribution is 5.87. The lowest BCUT2D eigenvalue weighted by molar-refractivity contribution is -0.139. The summed E-state index contributed by atoms with van der Waals surface area (Å²) in [5, 5.41) is 0. The number of carbonyl (C=O) groups excluding carboxylic acids is 3. The molecule has 0 atom stereocenters. The third-order valence-electron chi connectivity index (χ3n) is 5.32. The number of ether oxygens (including phenoxy) is 3. The van der Waals surface area contributed by atoms with E-state index in [1.807, 2.05) is 0 Å². The summed E-state index contributed by atoms with van der Waals surface area (Å²) < 4.78 is 15.8. The van der Waals surface area contributed by atoms with Crippen LogP contribution < -0.4 is 0 Å². The van der Waals surface area contributed by atoms with Crippen molar-refractivity contribution in [3.05, 3.63) is 36.5 Å². The van der Waals surface area contributed by atoms with Gasteiger partial charge in [-0.1, -0.05) is 19.7 Å². The largest absolute Gasteiger partial charge is 0.462 e. The predicted octanol–water partition coefficient (Wildman–Crippen LogP) is 4.55. The minimum atomic E-state index is -0.364. The van der Waals surface area contributed by atoms with Crippen molar-refractivity contribution < 1.29 is 28.6 Å². The van der Waals surface area contributed by atoms with Gasteiger partial charge in [-0.15, -0.1) is 0 Å². The van der Waals surface area contributed by atoms with E-state index in [1.54, 1.807) is 20.8 Å². The quantitative estimate of drug-likeness (QED) is 0.262. The molecule has 0 aromatic rings. The monoisotopic (exact) mass is 420 g/mol. The van der Waals surface area contributed by atoms with Gasteiger partial charge < -0.3 is 14.2 Å². The summed E-state index contributed by atoms with van der Waals surface area (Å²) in [5.74, 6) is 0.119. The van der Waals surface area contributed by atoms with Gasteiger partial charge in [0.1, 0.15) is 0 Å². The fourth-order valence-electron chi connectivity index (χ4n) is 3.73. The van der Waals surface area contributed by atoms with Gasteiger partial charge in [0.2, 0.25) is 0 Å². The molecule has 0 spiro atoms. The number of carbonyl (C=O) groups is 3. The number of esters is 3. The Morgan fingerprint density at radius 2 is 0.833 bits per heavy atom. The molecule has 168 valence electrons. The first-order chi connectivity index (χ1) is 14.1. The molecule has 1 rings (SSSR count). The van der Waals surface area contributed by atoms with Crippen LogP contribution in [0.1, 0.15) is 59.3 Å². The van der Waals surface area contributed by atoms with Crippen LogP contribution in [0.15, 0.2) is 36.5 Å². The van der Waals surface area contributed by atoms with Crippen molar-refractivity contribution in [3.8, 4) is 0 Å². The highest BCUT2D eigenvalue weighted by Gasteiger charge is 2.29. The zero-order valence-electron chi connectivity index (χ0n) is 18.7. The van der Waals surface area contributed by atoms with Crippen LogP contribution in [0.5, 0.6) is 0 Å². The van der Waals surface area contributed by atoms with Crippen LogP contribution in [0.25, 0.3) is 0 Å². The first-order valence-electron chi connectivity index (χ1n) is 10.6. The van der Waals surface area contributed by atoms with E-state index in [9.17, 15) is 14.4 Å². The third kappa shape index (κ3) is 9.90. The molecule has 0 aliphatic heterocycles. The molecule has 0 bridgehead atoms. The first-order valence-corrected chi connectivity index (χ1v) is 10.6. The van der Waals surface area contributed by atoms with E-state index in [0.717, 1.165) is 38.5 Å². The van der Waals surface area contributed by atoms with Crippen molar-refractivity contribution in [2.45, 2.75) is 59.3 Å². The van der Waals surface area contributed by atoms with Gasteiger partial charge in [-0.3, -0.25) is 0 Å². The molecule has 0 radical (unpaired) electrons. The van der Waals surface area contributed by atoms with E-state index in [-0.39, 0.29) is 17.9 Å². The maximum atomic E-state index is 11.6. The van der Waals surface area contributed by atoms with E-state index >= 15 is 0 Å². The van der Waals surface area contributed by atoms with Crippen LogP contribution in [-0.4, -0.2) is 37.7 Å². The van der Waals surface area contributed by atoms with Gasteiger partial charge in [-0.2, -0.15) is 0 Å². The smallest absolute Gasteiger partial charge is 0.333 e. The fraction of sp³-hybridized carbons (Fsp3) is 0.625. The van der Waals surface area contributed by atoms with Gasteiger partial charge in [0, 0.05) is 16.7 Å². The Hall–Kier alpha value is -2.37. The van der Waals surface area contributed by atoms with Crippen LogP contribution in [0, 0.1) is 17.8 Å². The van der Waals surface area contributed by atoms with Gasteiger partial charge >= 0.3 is 17.9 Å². The van der Waals surface area contributed by atoms with Crippen LogP contribution in [0.4, 0.5) is 0 Å². The Balaban J connectivity index is 2.56. The molecule has 1 saturated carbocycles. The summed E-state index contributed by atoms with van der Waals surface area (Å²) in [5.41, 5.74) is 1.19. The standard InChI is InChI=1S/C24H36O6/c1-16(2)22(25)28-10-7-19-13-20(8-11-29-23(26)17(3)4)15-21(14-19)9-12-30-24(27)18(5)6/h19-21H,1,3,5,7-15H2,2,4,6H3. The molecule has 1 fully saturated rings. The average Bonchev–Trinajstić information content (AvgIpc) is 2.67. The molecular weight excluding hydrogens is 384 g/mol. The average molecular weight is 421 g/mol. The zero-order chi connectivity index (χ0) is 22.7. The summed E-state index contributed by atoms with van der Waals surface area (Å²) in [6.07, 6.45) is 5.33. The molecule has 6 nitrogen and oxygen atoms in total. The summed E-state index contributed by atoms with van der Waals surface area (Å²) in [6.45, 7) is 16.8. The SMILES string of the molecule is C=C(C)C(=O)OCCC1CC(CCOC(=O)C(=C)C)CC(CCOC(=O)C(=C)C)C1. The Morgan fingerprint density at radius 1 is 0.600 bits per heavy atom.